The lowest BCUT2D eigenvalue weighted by molar-refractivity contribution is 0.603. The van der Waals surface area contributed by atoms with Crippen molar-refractivity contribution in [2.45, 2.75) is 12.5 Å². The maximum absolute atomic E-state index is 6.40. The van der Waals surface area contributed by atoms with Crippen LogP contribution in [0.3, 0.4) is 0 Å². The molecule has 0 amide bonds. The minimum atomic E-state index is -0.743. The van der Waals surface area contributed by atoms with Gasteiger partial charge >= 0.3 is 0 Å². The van der Waals surface area contributed by atoms with E-state index in [2.05, 4.69) is 0 Å². The van der Waals surface area contributed by atoms with Crippen LogP contribution in [0.1, 0.15) is 18.1 Å². The van der Waals surface area contributed by atoms with Crippen LogP contribution >= 0.6 is 34.8 Å². The maximum atomic E-state index is 6.40. The average molecular weight is 301 g/mol. The molecule has 0 saturated heterocycles. The van der Waals surface area contributed by atoms with E-state index in [0.29, 0.717) is 15.1 Å². The number of benzene rings is 2. The third kappa shape index (κ3) is 2.65. The molecule has 0 aliphatic heterocycles. The average Bonchev–Trinajstić information content (AvgIpc) is 2.32. The van der Waals surface area contributed by atoms with E-state index < -0.39 is 5.54 Å². The van der Waals surface area contributed by atoms with E-state index >= 15 is 0 Å². The van der Waals surface area contributed by atoms with E-state index in [4.69, 9.17) is 40.5 Å². The summed E-state index contributed by atoms with van der Waals surface area (Å²) in [5.74, 6) is 0. The van der Waals surface area contributed by atoms with Crippen LogP contribution < -0.4 is 5.73 Å². The highest BCUT2D eigenvalue weighted by Gasteiger charge is 2.26. The molecule has 18 heavy (non-hydrogen) atoms. The molecule has 0 fully saturated rings. The Balaban J connectivity index is 2.57. The molecule has 0 aliphatic rings. The molecular formula is C14H12Cl3N. The first-order valence-corrected chi connectivity index (χ1v) is 6.55. The fraction of sp³-hybridized carbons (Fsp3) is 0.143. The molecule has 2 aromatic carbocycles. The predicted molar refractivity (Wildman–Crippen MR) is 78.6 cm³/mol. The molecule has 2 N–H and O–H groups in total. The molecule has 2 aromatic rings. The minimum Gasteiger partial charge on any atom is -0.318 e. The highest BCUT2D eigenvalue weighted by Crippen LogP contribution is 2.34. The van der Waals surface area contributed by atoms with Gasteiger partial charge in [-0.3, -0.25) is 0 Å². The quantitative estimate of drug-likeness (QED) is 0.841. The van der Waals surface area contributed by atoms with Gasteiger partial charge in [0, 0.05) is 15.1 Å². The Kier molecular flexibility index (Phi) is 3.88. The summed E-state index contributed by atoms with van der Waals surface area (Å²) in [6, 6.07) is 12.7. The van der Waals surface area contributed by atoms with Crippen molar-refractivity contribution in [3.63, 3.8) is 0 Å². The lowest BCUT2D eigenvalue weighted by Crippen LogP contribution is -2.34. The summed E-state index contributed by atoms with van der Waals surface area (Å²) in [7, 11) is 0. The summed E-state index contributed by atoms with van der Waals surface area (Å²) in [4.78, 5) is 0. The first-order valence-electron chi connectivity index (χ1n) is 5.42. The van der Waals surface area contributed by atoms with Gasteiger partial charge in [0.25, 0.3) is 0 Å². The number of hydrogen-bond donors (Lipinski definition) is 1. The van der Waals surface area contributed by atoms with Gasteiger partial charge in [-0.2, -0.15) is 0 Å². The first-order chi connectivity index (χ1) is 8.41. The van der Waals surface area contributed by atoms with Crippen molar-refractivity contribution in [2.24, 2.45) is 5.73 Å². The van der Waals surface area contributed by atoms with Crippen molar-refractivity contribution in [1.29, 1.82) is 0 Å². The molecule has 94 valence electrons. The smallest absolute Gasteiger partial charge is 0.0652 e. The Hall–Kier alpha value is -0.730. The fourth-order valence-electron chi connectivity index (χ4n) is 1.86. The summed E-state index contributed by atoms with van der Waals surface area (Å²) >= 11 is 18.2. The molecule has 4 heteroatoms. The van der Waals surface area contributed by atoms with Gasteiger partial charge in [0.05, 0.1) is 5.54 Å². The van der Waals surface area contributed by atoms with Crippen LogP contribution in [0, 0.1) is 0 Å². The molecule has 0 heterocycles. The normalized spacial score (nSPS) is 14.3. The largest absolute Gasteiger partial charge is 0.318 e. The van der Waals surface area contributed by atoms with Crippen LogP contribution in [0.5, 0.6) is 0 Å². The summed E-state index contributed by atoms with van der Waals surface area (Å²) in [5.41, 5.74) is 7.32. The van der Waals surface area contributed by atoms with E-state index in [0.717, 1.165) is 11.1 Å². The third-order valence-corrected chi connectivity index (χ3v) is 3.71. The van der Waals surface area contributed by atoms with Gasteiger partial charge < -0.3 is 5.73 Å². The van der Waals surface area contributed by atoms with Crippen LogP contribution in [0.25, 0.3) is 0 Å². The monoisotopic (exact) mass is 299 g/mol. The number of rotatable bonds is 2. The molecule has 0 bridgehead atoms. The van der Waals surface area contributed by atoms with Crippen molar-refractivity contribution in [3.05, 3.63) is 68.7 Å². The zero-order chi connectivity index (χ0) is 13.3. The number of halogens is 3. The van der Waals surface area contributed by atoms with Gasteiger partial charge in [-0.1, -0.05) is 46.9 Å². The molecule has 0 spiro atoms. The Morgan fingerprint density at radius 2 is 1.61 bits per heavy atom. The topological polar surface area (TPSA) is 26.0 Å². The Bertz CT molecular complexity index is 579. The molecular weight excluding hydrogens is 289 g/mol. The van der Waals surface area contributed by atoms with Crippen LogP contribution in [0.15, 0.2) is 42.5 Å². The van der Waals surface area contributed by atoms with E-state index in [1.807, 2.05) is 25.1 Å². The van der Waals surface area contributed by atoms with E-state index in [9.17, 15) is 0 Å². The van der Waals surface area contributed by atoms with Crippen molar-refractivity contribution < 1.29 is 0 Å². The van der Waals surface area contributed by atoms with E-state index in [1.165, 1.54) is 0 Å². The Morgan fingerprint density at radius 3 is 2.28 bits per heavy atom. The van der Waals surface area contributed by atoms with Gasteiger partial charge in [0.15, 0.2) is 0 Å². The fourth-order valence-corrected chi connectivity index (χ4v) is 2.54. The third-order valence-electron chi connectivity index (χ3n) is 2.91. The van der Waals surface area contributed by atoms with Crippen molar-refractivity contribution in [3.8, 4) is 0 Å². The zero-order valence-corrected chi connectivity index (χ0v) is 12.0. The molecule has 1 atom stereocenters. The molecule has 0 radical (unpaired) electrons. The van der Waals surface area contributed by atoms with Crippen LogP contribution in [0.2, 0.25) is 15.1 Å². The molecule has 1 unspecified atom stereocenters. The second kappa shape index (κ2) is 5.10. The number of hydrogen-bond acceptors (Lipinski definition) is 1. The molecule has 2 rings (SSSR count). The Labute approximate surface area is 121 Å². The van der Waals surface area contributed by atoms with Crippen molar-refractivity contribution >= 4 is 34.8 Å². The summed E-state index contributed by atoms with van der Waals surface area (Å²) in [6.07, 6.45) is 0. The Morgan fingerprint density at radius 1 is 0.944 bits per heavy atom. The molecule has 0 aromatic heterocycles. The van der Waals surface area contributed by atoms with Crippen molar-refractivity contribution in [1.82, 2.24) is 0 Å². The van der Waals surface area contributed by atoms with Gasteiger partial charge in [0.1, 0.15) is 0 Å². The van der Waals surface area contributed by atoms with Gasteiger partial charge in [-0.25, -0.2) is 0 Å². The zero-order valence-electron chi connectivity index (χ0n) is 9.75. The predicted octanol–water partition coefficient (Wildman–Crippen LogP) is 4.87. The lowest BCUT2D eigenvalue weighted by atomic mass is 9.86. The minimum absolute atomic E-state index is 0.587. The van der Waals surface area contributed by atoms with Crippen LogP contribution in [-0.4, -0.2) is 0 Å². The highest BCUT2D eigenvalue weighted by atomic mass is 35.5. The van der Waals surface area contributed by atoms with E-state index in [1.54, 1.807) is 24.3 Å². The standard InChI is InChI=1S/C14H12Cl3N/c1-14(18,9-3-2-4-10(15)7-9)12-8-11(16)5-6-13(12)17/h2-8H,18H2,1H3. The number of nitrogens with two attached hydrogens (primary N) is 1. The lowest BCUT2D eigenvalue weighted by Gasteiger charge is -2.27. The van der Waals surface area contributed by atoms with Gasteiger partial charge in [-0.15, -0.1) is 0 Å². The van der Waals surface area contributed by atoms with Gasteiger partial charge in [0.2, 0.25) is 0 Å². The van der Waals surface area contributed by atoms with Gasteiger partial charge in [-0.05, 0) is 48.4 Å². The first kappa shape index (κ1) is 13.7. The second-order valence-electron chi connectivity index (χ2n) is 4.34. The summed E-state index contributed by atoms with van der Waals surface area (Å²) in [6.45, 7) is 1.89. The summed E-state index contributed by atoms with van der Waals surface area (Å²) in [5, 5.41) is 1.83. The summed E-state index contributed by atoms with van der Waals surface area (Å²) < 4.78 is 0. The molecule has 0 aliphatic carbocycles. The molecule has 0 saturated carbocycles. The SMILES string of the molecule is CC(N)(c1cccc(Cl)c1)c1cc(Cl)ccc1Cl. The van der Waals surface area contributed by atoms with E-state index in [-0.39, 0.29) is 0 Å². The van der Waals surface area contributed by atoms with Crippen molar-refractivity contribution in [2.75, 3.05) is 0 Å². The second-order valence-corrected chi connectivity index (χ2v) is 5.62. The maximum Gasteiger partial charge on any atom is 0.0652 e. The molecule has 1 nitrogen and oxygen atoms in total. The van der Waals surface area contributed by atoms with Crippen LogP contribution in [-0.2, 0) is 5.54 Å². The van der Waals surface area contributed by atoms with Crippen LogP contribution in [0.4, 0.5) is 0 Å². The highest BCUT2D eigenvalue weighted by molar-refractivity contribution is 6.33.